The molecule has 0 amide bonds. The van der Waals surface area contributed by atoms with Gasteiger partial charge in [0.05, 0.1) is 6.21 Å². The van der Waals surface area contributed by atoms with Crippen LogP contribution < -0.4 is 0 Å². The Bertz CT molecular complexity index is 351. The molecule has 0 bridgehead atoms. The quantitative estimate of drug-likeness (QED) is 0.588. The predicted molar refractivity (Wildman–Crippen MR) is 71.3 cm³/mol. The van der Waals surface area contributed by atoms with Crippen molar-refractivity contribution in [3.63, 3.8) is 0 Å². The lowest BCUT2D eigenvalue weighted by molar-refractivity contribution is 0.561. The molecular formula is C13H19NOS. The van der Waals surface area contributed by atoms with Gasteiger partial charge in [-0.25, -0.2) is 0 Å². The van der Waals surface area contributed by atoms with E-state index >= 15 is 0 Å². The van der Waals surface area contributed by atoms with Gasteiger partial charge in [-0.15, -0.1) is 0 Å². The molecular weight excluding hydrogens is 218 g/mol. The molecule has 0 N–H and O–H groups in total. The fourth-order valence-electron chi connectivity index (χ4n) is 1.09. The van der Waals surface area contributed by atoms with Gasteiger partial charge in [-0.2, -0.15) is 0 Å². The van der Waals surface area contributed by atoms with Crippen molar-refractivity contribution in [2.24, 2.45) is 4.40 Å². The van der Waals surface area contributed by atoms with E-state index in [1.54, 1.807) is 6.21 Å². The first kappa shape index (κ1) is 13.3. The lowest BCUT2D eigenvalue weighted by atomic mass is 10.1. The summed E-state index contributed by atoms with van der Waals surface area (Å²) in [5.41, 5.74) is 2.44. The molecule has 88 valence electrons. The minimum absolute atomic E-state index is 0.274. The Labute approximate surface area is 101 Å². The van der Waals surface area contributed by atoms with E-state index in [0.29, 0.717) is 0 Å². The smallest absolute Gasteiger partial charge is 0.144 e. The second-order valence-electron chi connectivity index (χ2n) is 4.84. The molecule has 1 atom stereocenters. The molecule has 0 radical (unpaired) electrons. The molecule has 2 nitrogen and oxygen atoms in total. The predicted octanol–water partition coefficient (Wildman–Crippen LogP) is 3.07. The Kier molecular flexibility index (Phi) is 4.56. The average Bonchev–Trinajstić information content (AvgIpc) is 2.19. The van der Waals surface area contributed by atoms with Crippen LogP contribution in [0, 0.1) is 6.92 Å². The normalized spacial score (nSPS) is 14.3. The van der Waals surface area contributed by atoms with Crippen LogP contribution in [-0.4, -0.2) is 15.5 Å². The zero-order chi connectivity index (χ0) is 12.2. The monoisotopic (exact) mass is 237 g/mol. The van der Waals surface area contributed by atoms with E-state index in [-0.39, 0.29) is 4.75 Å². The fourth-order valence-corrected chi connectivity index (χ4v) is 1.62. The van der Waals surface area contributed by atoms with Crippen LogP contribution in [0.1, 0.15) is 31.9 Å². The molecule has 0 aliphatic carbocycles. The molecule has 0 heterocycles. The standard InChI is InChI=1S/C13H19NOS/c1-11-5-7-12(8-6-11)9-10-14-16(15)13(2,3)4/h5-8,10H,9H2,1-4H3. The maximum atomic E-state index is 11.6. The number of aryl methyl sites for hydroxylation is 1. The Morgan fingerprint density at radius 2 is 1.81 bits per heavy atom. The van der Waals surface area contributed by atoms with Crippen molar-refractivity contribution < 1.29 is 4.55 Å². The molecule has 1 rings (SSSR count). The molecule has 3 heteroatoms. The summed E-state index contributed by atoms with van der Waals surface area (Å²) >= 11 is -1.15. The minimum Gasteiger partial charge on any atom is -0.591 e. The number of hydrogen-bond donors (Lipinski definition) is 0. The largest absolute Gasteiger partial charge is 0.591 e. The van der Waals surface area contributed by atoms with Gasteiger partial charge >= 0.3 is 0 Å². The highest BCUT2D eigenvalue weighted by Crippen LogP contribution is 2.16. The van der Waals surface area contributed by atoms with Gasteiger partial charge in [0.1, 0.15) is 16.1 Å². The lowest BCUT2D eigenvalue weighted by Gasteiger charge is -2.17. The first-order valence-electron chi connectivity index (χ1n) is 5.39. The third kappa shape index (κ3) is 4.37. The van der Waals surface area contributed by atoms with Gasteiger partial charge in [-0.1, -0.05) is 34.2 Å². The van der Waals surface area contributed by atoms with Gasteiger partial charge < -0.3 is 4.55 Å². The van der Waals surface area contributed by atoms with Gasteiger partial charge in [0.2, 0.25) is 0 Å². The van der Waals surface area contributed by atoms with Gasteiger partial charge in [-0.05, 0) is 33.3 Å². The molecule has 1 unspecified atom stereocenters. The summed E-state index contributed by atoms with van der Waals surface area (Å²) in [6.45, 7) is 7.83. The molecule has 0 saturated carbocycles. The topological polar surface area (TPSA) is 35.4 Å². The summed E-state index contributed by atoms with van der Waals surface area (Å²) in [5.74, 6) is 0. The number of rotatable bonds is 3. The first-order chi connectivity index (χ1) is 7.39. The van der Waals surface area contributed by atoms with Gasteiger partial charge in [0.25, 0.3) is 0 Å². The summed E-state index contributed by atoms with van der Waals surface area (Å²) in [5, 5.41) is 0. The van der Waals surface area contributed by atoms with E-state index in [2.05, 4.69) is 35.6 Å². The summed E-state index contributed by atoms with van der Waals surface area (Å²) in [4.78, 5) is 0. The Morgan fingerprint density at radius 1 is 1.25 bits per heavy atom. The molecule has 0 aromatic heterocycles. The van der Waals surface area contributed by atoms with Gasteiger partial charge in [0, 0.05) is 6.42 Å². The number of nitrogens with zero attached hydrogens (tertiary/aromatic N) is 1. The van der Waals surface area contributed by atoms with E-state index < -0.39 is 11.4 Å². The average molecular weight is 237 g/mol. The Balaban J connectivity index is 2.52. The van der Waals surface area contributed by atoms with Crippen molar-refractivity contribution in [2.45, 2.75) is 38.9 Å². The minimum atomic E-state index is -1.15. The molecule has 0 fully saturated rings. The SMILES string of the molecule is Cc1ccc(CC=N[S+]([O-])C(C)(C)C)cc1. The first-order valence-corrected chi connectivity index (χ1v) is 6.50. The van der Waals surface area contributed by atoms with Gasteiger partial charge in [0.15, 0.2) is 0 Å². The second kappa shape index (κ2) is 5.51. The maximum absolute atomic E-state index is 11.6. The van der Waals surface area contributed by atoms with Crippen molar-refractivity contribution in [3.8, 4) is 0 Å². The maximum Gasteiger partial charge on any atom is 0.144 e. The van der Waals surface area contributed by atoms with Crippen molar-refractivity contribution in [2.75, 3.05) is 0 Å². The van der Waals surface area contributed by atoms with Crippen LogP contribution in [0.5, 0.6) is 0 Å². The van der Waals surface area contributed by atoms with Crippen LogP contribution in [0.25, 0.3) is 0 Å². The van der Waals surface area contributed by atoms with Crippen LogP contribution in [0.15, 0.2) is 28.7 Å². The van der Waals surface area contributed by atoms with E-state index in [4.69, 9.17) is 0 Å². The summed E-state index contributed by atoms with van der Waals surface area (Å²) < 4.78 is 15.4. The Morgan fingerprint density at radius 3 is 2.31 bits per heavy atom. The van der Waals surface area contributed by atoms with Crippen molar-refractivity contribution in [3.05, 3.63) is 35.4 Å². The highest BCUT2D eigenvalue weighted by atomic mass is 32.2. The van der Waals surface area contributed by atoms with Gasteiger partial charge in [-0.3, -0.25) is 0 Å². The molecule has 1 aromatic rings. The van der Waals surface area contributed by atoms with Crippen LogP contribution >= 0.6 is 0 Å². The van der Waals surface area contributed by atoms with Crippen LogP contribution in [0.3, 0.4) is 0 Å². The Hall–Kier alpha value is -0.800. The lowest BCUT2D eigenvalue weighted by Crippen LogP contribution is -2.25. The molecule has 16 heavy (non-hydrogen) atoms. The fraction of sp³-hybridized carbons (Fsp3) is 0.462. The third-order valence-electron chi connectivity index (χ3n) is 2.14. The summed E-state index contributed by atoms with van der Waals surface area (Å²) in [7, 11) is 0. The van der Waals surface area contributed by atoms with E-state index in [1.165, 1.54) is 11.1 Å². The molecule has 0 aliphatic rings. The summed E-state index contributed by atoms with van der Waals surface area (Å²) in [6.07, 6.45) is 2.48. The van der Waals surface area contributed by atoms with E-state index in [0.717, 1.165) is 6.42 Å². The van der Waals surface area contributed by atoms with Crippen LogP contribution in [-0.2, 0) is 17.8 Å². The third-order valence-corrected chi connectivity index (χ3v) is 3.53. The number of hydrogen-bond acceptors (Lipinski definition) is 2. The molecule has 1 aromatic carbocycles. The van der Waals surface area contributed by atoms with Crippen LogP contribution in [0.2, 0.25) is 0 Å². The van der Waals surface area contributed by atoms with Crippen molar-refractivity contribution >= 4 is 17.6 Å². The zero-order valence-corrected chi connectivity index (χ0v) is 11.2. The second-order valence-corrected chi connectivity index (χ2v) is 6.77. The highest BCUT2D eigenvalue weighted by Gasteiger charge is 2.25. The highest BCUT2D eigenvalue weighted by molar-refractivity contribution is 7.91. The zero-order valence-electron chi connectivity index (χ0n) is 10.4. The summed E-state index contributed by atoms with van der Waals surface area (Å²) in [6, 6.07) is 8.29. The van der Waals surface area contributed by atoms with Crippen LogP contribution in [0.4, 0.5) is 0 Å². The number of benzene rings is 1. The molecule has 0 saturated heterocycles. The van der Waals surface area contributed by atoms with Crippen molar-refractivity contribution in [1.29, 1.82) is 0 Å². The molecule has 0 spiro atoms. The molecule has 0 aliphatic heterocycles. The van der Waals surface area contributed by atoms with Crippen molar-refractivity contribution in [1.82, 2.24) is 0 Å². The van der Waals surface area contributed by atoms with E-state index in [1.807, 2.05) is 20.8 Å². The van der Waals surface area contributed by atoms with E-state index in [9.17, 15) is 4.55 Å².